The van der Waals surface area contributed by atoms with Gasteiger partial charge in [0.25, 0.3) is 0 Å². The van der Waals surface area contributed by atoms with Gasteiger partial charge in [-0.25, -0.2) is 4.79 Å². The highest BCUT2D eigenvalue weighted by atomic mass is 16.4. The normalized spacial score (nSPS) is 14.0. The van der Waals surface area contributed by atoms with E-state index in [0.717, 1.165) is 0 Å². The van der Waals surface area contributed by atoms with Gasteiger partial charge in [0.1, 0.15) is 0 Å². The number of carbonyl (C=O) groups is 2. The molecule has 0 heterocycles. The van der Waals surface area contributed by atoms with Gasteiger partial charge >= 0.3 is 12.0 Å². The molecule has 1 unspecified atom stereocenters. The number of carboxylic acid groups (broad SMARTS) is 1. The summed E-state index contributed by atoms with van der Waals surface area (Å²) < 4.78 is 0. The van der Waals surface area contributed by atoms with Crippen LogP contribution in [0.5, 0.6) is 0 Å². The Hall–Kier alpha value is -1.26. The molecule has 0 aliphatic carbocycles. The summed E-state index contributed by atoms with van der Waals surface area (Å²) in [6.07, 6.45) is -0.107. The third-order valence-electron chi connectivity index (χ3n) is 2.69. The zero-order valence-corrected chi connectivity index (χ0v) is 11.5. The monoisotopic (exact) mass is 244 g/mol. The van der Waals surface area contributed by atoms with Gasteiger partial charge in [0.05, 0.1) is 6.42 Å². The molecule has 0 spiro atoms. The van der Waals surface area contributed by atoms with Gasteiger partial charge in [0.15, 0.2) is 0 Å². The Kier molecular flexibility index (Phi) is 4.98. The SMILES string of the molecule is CC(NC(=O)NC(C)(C)CC(=O)O)C(C)(C)C. The van der Waals surface area contributed by atoms with Gasteiger partial charge in [0, 0.05) is 11.6 Å². The maximum atomic E-state index is 11.7. The third kappa shape index (κ3) is 6.81. The largest absolute Gasteiger partial charge is 0.481 e. The van der Waals surface area contributed by atoms with E-state index in [1.807, 2.05) is 27.7 Å². The minimum atomic E-state index is -0.931. The number of urea groups is 1. The molecule has 17 heavy (non-hydrogen) atoms. The quantitative estimate of drug-likeness (QED) is 0.707. The van der Waals surface area contributed by atoms with Crippen LogP contribution >= 0.6 is 0 Å². The Morgan fingerprint density at radius 1 is 1.18 bits per heavy atom. The van der Waals surface area contributed by atoms with Crippen LogP contribution in [0.25, 0.3) is 0 Å². The number of rotatable bonds is 4. The first-order valence-corrected chi connectivity index (χ1v) is 5.74. The van der Waals surface area contributed by atoms with Crippen LogP contribution in [0.15, 0.2) is 0 Å². The molecule has 0 saturated heterocycles. The van der Waals surface area contributed by atoms with Crippen molar-refractivity contribution in [2.24, 2.45) is 5.41 Å². The van der Waals surface area contributed by atoms with Gasteiger partial charge in [-0.1, -0.05) is 20.8 Å². The highest BCUT2D eigenvalue weighted by Crippen LogP contribution is 2.18. The molecule has 0 fully saturated rings. The molecule has 0 aromatic heterocycles. The third-order valence-corrected chi connectivity index (χ3v) is 2.69. The Morgan fingerprint density at radius 3 is 2.00 bits per heavy atom. The van der Waals surface area contributed by atoms with E-state index >= 15 is 0 Å². The number of carbonyl (C=O) groups excluding carboxylic acids is 1. The van der Waals surface area contributed by atoms with Crippen molar-refractivity contribution >= 4 is 12.0 Å². The van der Waals surface area contributed by atoms with Crippen LogP contribution in [-0.2, 0) is 4.79 Å². The smallest absolute Gasteiger partial charge is 0.315 e. The molecule has 0 saturated carbocycles. The van der Waals surface area contributed by atoms with Gasteiger partial charge in [-0.2, -0.15) is 0 Å². The second kappa shape index (κ2) is 5.38. The van der Waals surface area contributed by atoms with Crippen LogP contribution in [0.3, 0.4) is 0 Å². The molecule has 5 heteroatoms. The summed E-state index contributed by atoms with van der Waals surface area (Å²) in [4.78, 5) is 22.3. The highest BCUT2D eigenvalue weighted by molar-refractivity contribution is 5.76. The first kappa shape index (κ1) is 15.7. The zero-order chi connectivity index (χ0) is 13.9. The molecular formula is C12H24N2O3. The zero-order valence-electron chi connectivity index (χ0n) is 11.5. The van der Waals surface area contributed by atoms with Crippen molar-refractivity contribution in [1.29, 1.82) is 0 Å². The van der Waals surface area contributed by atoms with Crippen molar-refractivity contribution in [1.82, 2.24) is 10.6 Å². The minimum absolute atomic E-state index is 0.00290. The van der Waals surface area contributed by atoms with E-state index in [0.29, 0.717) is 0 Å². The summed E-state index contributed by atoms with van der Waals surface area (Å²) in [6.45, 7) is 11.4. The van der Waals surface area contributed by atoms with Crippen LogP contribution in [0, 0.1) is 5.41 Å². The second-order valence-corrected chi connectivity index (χ2v) is 6.14. The number of hydrogen-bond acceptors (Lipinski definition) is 2. The average Bonchev–Trinajstić information content (AvgIpc) is 1.96. The molecule has 0 aromatic rings. The standard InChI is InChI=1S/C12H24N2O3/c1-8(11(2,3)4)13-10(17)14-12(5,6)7-9(15)16/h8H,7H2,1-6H3,(H,15,16)(H2,13,14,17). The predicted octanol–water partition coefficient (Wildman–Crippen LogP) is 1.97. The van der Waals surface area contributed by atoms with Crippen molar-refractivity contribution in [2.75, 3.05) is 0 Å². The summed E-state index contributed by atoms with van der Waals surface area (Å²) >= 11 is 0. The number of amides is 2. The van der Waals surface area contributed by atoms with E-state index in [-0.39, 0.29) is 23.9 Å². The molecule has 100 valence electrons. The molecule has 2 amide bonds. The molecule has 0 rings (SSSR count). The van der Waals surface area contributed by atoms with Crippen molar-refractivity contribution in [3.63, 3.8) is 0 Å². The molecule has 3 N–H and O–H groups in total. The van der Waals surface area contributed by atoms with Crippen LogP contribution in [-0.4, -0.2) is 28.7 Å². The van der Waals surface area contributed by atoms with E-state index in [4.69, 9.17) is 5.11 Å². The van der Waals surface area contributed by atoms with E-state index in [2.05, 4.69) is 10.6 Å². The maximum absolute atomic E-state index is 11.7. The first-order valence-electron chi connectivity index (χ1n) is 5.74. The maximum Gasteiger partial charge on any atom is 0.315 e. The average molecular weight is 244 g/mol. The molecule has 0 aliphatic heterocycles. The Labute approximate surface area is 103 Å². The predicted molar refractivity (Wildman–Crippen MR) is 66.9 cm³/mol. The van der Waals surface area contributed by atoms with Crippen molar-refractivity contribution in [3.8, 4) is 0 Å². The summed E-state index contributed by atoms with van der Waals surface area (Å²) in [6, 6.07) is -0.332. The number of aliphatic carboxylic acids is 1. The van der Waals surface area contributed by atoms with Crippen molar-refractivity contribution < 1.29 is 14.7 Å². The van der Waals surface area contributed by atoms with Crippen LogP contribution in [0.1, 0.15) is 48.0 Å². The van der Waals surface area contributed by atoms with Gasteiger partial charge in [-0.15, -0.1) is 0 Å². The Balaban J connectivity index is 4.32. The summed E-state index contributed by atoms with van der Waals surface area (Å²) in [5.74, 6) is -0.931. The fourth-order valence-electron chi connectivity index (χ4n) is 1.18. The molecule has 0 aliphatic rings. The van der Waals surface area contributed by atoms with Crippen molar-refractivity contribution in [2.45, 2.75) is 59.5 Å². The van der Waals surface area contributed by atoms with Gasteiger partial charge in [-0.3, -0.25) is 4.79 Å². The lowest BCUT2D eigenvalue weighted by atomic mass is 9.88. The highest BCUT2D eigenvalue weighted by Gasteiger charge is 2.26. The van der Waals surface area contributed by atoms with Gasteiger partial charge in [0.2, 0.25) is 0 Å². The molecule has 5 nitrogen and oxygen atoms in total. The van der Waals surface area contributed by atoms with Crippen LogP contribution in [0.4, 0.5) is 4.79 Å². The molecular weight excluding hydrogens is 220 g/mol. The minimum Gasteiger partial charge on any atom is -0.481 e. The van der Waals surface area contributed by atoms with E-state index < -0.39 is 11.5 Å². The second-order valence-electron chi connectivity index (χ2n) is 6.14. The fourth-order valence-corrected chi connectivity index (χ4v) is 1.18. The van der Waals surface area contributed by atoms with E-state index in [1.165, 1.54) is 0 Å². The van der Waals surface area contributed by atoms with Crippen molar-refractivity contribution in [3.05, 3.63) is 0 Å². The number of carboxylic acids is 1. The molecule has 0 bridgehead atoms. The Morgan fingerprint density at radius 2 is 1.65 bits per heavy atom. The summed E-state index contributed by atoms with van der Waals surface area (Å²) in [7, 11) is 0. The number of nitrogens with one attached hydrogen (secondary N) is 2. The number of hydrogen-bond donors (Lipinski definition) is 3. The van der Waals surface area contributed by atoms with Gasteiger partial charge < -0.3 is 15.7 Å². The molecule has 1 atom stereocenters. The van der Waals surface area contributed by atoms with E-state index in [9.17, 15) is 9.59 Å². The fraction of sp³-hybridized carbons (Fsp3) is 0.833. The van der Waals surface area contributed by atoms with Crippen LogP contribution in [0.2, 0.25) is 0 Å². The topological polar surface area (TPSA) is 78.4 Å². The lowest BCUT2D eigenvalue weighted by Gasteiger charge is -2.31. The lowest BCUT2D eigenvalue weighted by Crippen LogP contribution is -2.53. The Bertz CT molecular complexity index is 293. The first-order chi connectivity index (χ1) is 7.44. The molecule has 0 aromatic carbocycles. The summed E-state index contributed by atoms with van der Waals surface area (Å²) in [5, 5.41) is 14.2. The molecule has 0 radical (unpaired) electrons. The summed E-state index contributed by atoms with van der Waals surface area (Å²) in [5.41, 5.74) is -0.790. The lowest BCUT2D eigenvalue weighted by molar-refractivity contribution is -0.138. The van der Waals surface area contributed by atoms with E-state index in [1.54, 1.807) is 13.8 Å². The van der Waals surface area contributed by atoms with Crippen LogP contribution < -0.4 is 10.6 Å². The van der Waals surface area contributed by atoms with Gasteiger partial charge in [-0.05, 0) is 26.2 Å².